The number of imide groups is 1. The van der Waals surface area contributed by atoms with Gasteiger partial charge in [-0.05, 0) is 48.2 Å². The minimum absolute atomic E-state index is 0.341. The van der Waals surface area contributed by atoms with Crippen molar-refractivity contribution in [1.82, 2.24) is 15.1 Å². The molecule has 1 saturated heterocycles. The molecular formula is C25H24ClN3O3S. The van der Waals surface area contributed by atoms with Crippen LogP contribution in [0.4, 0.5) is 4.79 Å². The van der Waals surface area contributed by atoms with E-state index in [1.165, 1.54) is 16.2 Å². The van der Waals surface area contributed by atoms with Gasteiger partial charge in [0.15, 0.2) is 5.54 Å². The van der Waals surface area contributed by atoms with Gasteiger partial charge in [0.1, 0.15) is 6.54 Å². The molecule has 33 heavy (non-hydrogen) atoms. The normalized spacial score (nSPS) is 17.9. The van der Waals surface area contributed by atoms with Crippen LogP contribution in [0.1, 0.15) is 27.1 Å². The topological polar surface area (TPSA) is 69.7 Å². The Kier molecular flexibility index (Phi) is 6.28. The van der Waals surface area contributed by atoms with Gasteiger partial charge >= 0.3 is 6.03 Å². The number of benzene rings is 2. The van der Waals surface area contributed by atoms with Crippen LogP contribution >= 0.6 is 22.9 Å². The quantitative estimate of drug-likeness (QED) is 0.528. The molecule has 8 heteroatoms. The maximum Gasteiger partial charge on any atom is 0.326 e. The van der Waals surface area contributed by atoms with Gasteiger partial charge in [0, 0.05) is 11.9 Å². The van der Waals surface area contributed by atoms with E-state index in [4.69, 9.17) is 11.6 Å². The molecule has 0 aliphatic carbocycles. The maximum atomic E-state index is 13.8. The lowest BCUT2D eigenvalue weighted by atomic mass is 9.81. The molecule has 1 fully saturated rings. The summed E-state index contributed by atoms with van der Waals surface area (Å²) in [5, 5.41) is 2.90. The van der Waals surface area contributed by atoms with E-state index in [0.717, 1.165) is 20.9 Å². The van der Waals surface area contributed by atoms with Crippen LogP contribution < -0.4 is 5.32 Å². The predicted octanol–water partition coefficient (Wildman–Crippen LogP) is 4.47. The summed E-state index contributed by atoms with van der Waals surface area (Å²) in [4.78, 5) is 43.2. The van der Waals surface area contributed by atoms with Crippen molar-refractivity contribution in [2.75, 3.05) is 13.6 Å². The van der Waals surface area contributed by atoms with Crippen molar-refractivity contribution in [2.24, 2.45) is 0 Å². The Balaban J connectivity index is 1.65. The van der Waals surface area contributed by atoms with E-state index in [0.29, 0.717) is 22.0 Å². The molecule has 3 aromatic rings. The number of urea groups is 1. The molecule has 0 spiro atoms. The molecule has 2 heterocycles. The summed E-state index contributed by atoms with van der Waals surface area (Å²) >= 11 is 7.36. The SMILES string of the molecule is Cc1ccc([C@@]2(c3ccccc3)NC(=O)N(CC(=O)N(C)Cc3ccc(Cl)s3)C2=O)cc1C. The molecule has 0 bridgehead atoms. The van der Waals surface area contributed by atoms with Crippen molar-refractivity contribution in [3.63, 3.8) is 0 Å². The number of halogens is 1. The minimum atomic E-state index is -1.39. The fraction of sp³-hybridized carbons (Fsp3) is 0.240. The first kappa shape index (κ1) is 23.0. The first-order valence-electron chi connectivity index (χ1n) is 10.5. The number of hydrogen-bond donors (Lipinski definition) is 1. The molecule has 2 aromatic carbocycles. The lowest BCUT2D eigenvalue weighted by Crippen LogP contribution is -2.46. The smallest absolute Gasteiger partial charge is 0.326 e. The second kappa shape index (κ2) is 9.00. The minimum Gasteiger partial charge on any atom is -0.339 e. The van der Waals surface area contributed by atoms with Crippen LogP contribution in [0.5, 0.6) is 0 Å². The van der Waals surface area contributed by atoms with Gasteiger partial charge in [0.05, 0.1) is 10.9 Å². The number of aryl methyl sites for hydroxylation is 2. The number of nitrogens with one attached hydrogen (secondary N) is 1. The van der Waals surface area contributed by atoms with Crippen molar-refractivity contribution >= 4 is 40.8 Å². The standard InChI is InChI=1S/C25H24ClN3O3S/c1-16-9-10-19(13-17(16)2)25(18-7-5-4-6-8-18)23(31)29(24(32)27-25)15-22(30)28(3)14-20-11-12-21(26)33-20/h4-13H,14-15H2,1-3H3,(H,27,32)/t25-/m1/s1. The van der Waals surface area contributed by atoms with Crippen molar-refractivity contribution in [3.8, 4) is 0 Å². The zero-order chi connectivity index (χ0) is 23.8. The Hall–Kier alpha value is -3.16. The molecule has 1 aromatic heterocycles. The fourth-order valence-electron chi connectivity index (χ4n) is 3.96. The molecule has 0 saturated carbocycles. The highest BCUT2D eigenvalue weighted by atomic mass is 35.5. The third-order valence-corrected chi connectivity index (χ3v) is 7.21. The highest BCUT2D eigenvalue weighted by Crippen LogP contribution is 2.37. The first-order chi connectivity index (χ1) is 15.7. The summed E-state index contributed by atoms with van der Waals surface area (Å²) in [6, 6.07) is 17.9. The summed E-state index contributed by atoms with van der Waals surface area (Å²) in [6.07, 6.45) is 0. The summed E-state index contributed by atoms with van der Waals surface area (Å²) < 4.78 is 0.640. The zero-order valence-corrected chi connectivity index (χ0v) is 20.2. The third-order valence-electron chi connectivity index (χ3n) is 5.99. The zero-order valence-electron chi connectivity index (χ0n) is 18.6. The third kappa shape index (κ3) is 4.26. The first-order valence-corrected chi connectivity index (χ1v) is 11.7. The van der Waals surface area contributed by atoms with Crippen LogP contribution in [0.25, 0.3) is 0 Å². The second-order valence-electron chi connectivity index (χ2n) is 8.19. The van der Waals surface area contributed by atoms with Gasteiger partial charge in [-0.1, -0.05) is 60.1 Å². The number of carbonyl (C=O) groups excluding carboxylic acids is 3. The van der Waals surface area contributed by atoms with E-state index in [9.17, 15) is 14.4 Å². The van der Waals surface area contributed by atoms with Crippen molar-refractivity contribution in [2.45, 2.75) is 25.9 Å². The number of amides is 4. The molecule has 4 rings (SSSR count). The molecule has 1 aliphatic heterocycles. The van der Waals surface area contributed by atoms with Crippen molar-refractivity contribution in [1.29, 1.82) is 0 Å². The van der Waals surface area contributed by atoms with E-state index in [1.807, 2.05) is 68.4 Å². The average Bonchev–Trinajstić information content (AvgIpc) is 3.32. The van der Waals surface area contributed by atoms with Gasteiger partial charge in [-0.15, -0.1) is 11.3 Å². The number of hydrogen-bond acceptors (Lipinski definition) is 4. The summed E-state index contributed by atoms with van der Waals surface area (Å²) in [5.41, 5.74) is 2.00. The highest BCUT2D eigenvalue weighted by Gasteiger charge is 2.54. The van der Waals surface area contributed by atoms with Gasteiger partial charge in [0.25, 0.3) is 5.91 Å². The number of rotatable bonds is 6. The Bertz CT molecular complexity index is 1230. The Morgan fingerprint density at radius 1 is 1.03 bits per heavy atom. The second-order valence-corrected chi connectivity index (χ2v) is 9.99. The van der Waals surface area contributed by atoms with Crippen LogP contribution in [-0.2, 0) is 21.7 Å². The predicted molar refractivity (Wildman–Crippen MR) is 129 cm³/mol. The highest BCUT2D eigenvalue weighted by molar-refractivity contribution is 7.16. The fourth-order valence-corrected chi connectivity index (χ4v) is 5.10. The Morgan fingerprint density at radius 3 is 2.39 bits per heavy atom. The van der Waals surface area contributed by atoms with E-state index in [-0.39, 0.29) is 12.5 Å². The lowest BCUT2D eigenvalue weighted by molar-refractivity contribution is -0.138. The number of carbonyl (C=O) groups is 3. The van der Waals surface area contributed by atoms with Crippen LogP contribution in [0.2, 0.25) is 4.34 Å². The molecule has 1 atom stereocenters. The van der Waals surface area contributed by atoms with Crippen LogP contribution in [-0.4, -0.2) is 41.2 Å². The van der Waals surface area contributed by atoms with Crippen molar-refractivity contribution in [3.05, 3.63) is 92.1 Å². The molecular weight excluding hydrogens is 458 g/mol. The number of nitrogens with zero attached hydrogens (tertiary/aromatic N) is 2. The number of likely N-dealkylation sites (N-methyl/N-ethyl adjacent to an activating group) is 1. The Morgan fingerprint density at radius 2 is 1.76 bits per heavy atom. The number of thiophene rings is 1. The van der Waals surface area contributed by atoms with Gasteiger partial charge in [-0.2, -0.15) is 0 Å². The van der Waals surface area contributed by atoms with Crippen LogP contribution in [0.3, 0.4) is 0 Å². The summed E-state index contributed by atoms with van der Waals surface area (Å²) in [7, 11) is 1.64. The van der Waals surface area contributed by atoms with Crippen molar-refractivity contribution < 1.29 is 14.4 Å². The lowest BCUT2D eigenvalue weighted by Gasteiger charge is -2.28. The maximum absolute atomic E-state index is 13.8. The van der Waals surface area contributed by atoms with Gasteiger partial charge in [-0.25, -0.2) is 4.79 Å². The summed E-state index contributed by atoms with van der Waals surface area (Å²) in [5.74, 6) is -0.810. The van der Waals surface area contributed by atoms with E-state index in [1.54, 1.807) is 13.1 Å². The van der Waals surface area contributed by atoms with Gasteiger partial charge in [0.2, 0.25) is 5.91 Å². The average molecular weight is 482 g/mol. The van der Waals surface area contributed by atoms with Gasteiger partial charge in [-0.3, -0.25) is 14.5 Å². The van der Waals surface area contributed by atoms with Gasteiger partial charge < -0.3 is 10.2 Å². The molecule has 0 radical (unpaired) electrons. The van der Waals surface area contributed by atoms with E-state index in [2.05, 4.69) is 5.32 Å². The summed E-state index contributed by atoms with van der Waals surface area (Å²) in [6.45, 7) is 3.96. The molecule has 0 unspecified atom stereocenters. The largest absolute Gasteiger partial charge is 0.339 e. The molecule has 4 amide bonds. The van der Waals surface area contributed by atoms with E-state index < -0.39 is 17.5 Å². The van der Waals surface area contributed by atoms with E-state index >= 15 is 0 Å². The van der Waals surface area contributed by atoms with Crippen LogP contribution in [0.15, 0.2) is 60.7 Å². The molecule has 6 nitrogen and oxygen atoms in total. The Labute approximate surface area is 201 Å². The molecule has 1 N–H and O–H groups in total. The molecule has 1 aliphatic rings. The van der Waals surface area contributed by atoms with Crippen LogP contribution in [0, 0.1) is 13.8 Å². The molecule has 170 valence electrons. The monoisotopic (exact) mass is 481 g/mol.